The van der Waals surface area contributed by atoms with Crippen molar-refractivity contribution in [1.82, 2.24) is 15.1 Å². The van der Waals surface area contributed by atoms with Crippen LogP contribution in [0, 0.1) is 0 Å². The van der Waals surface area contributed by atoms with Crippen LogP contribution in [0.15, 0.2) is 17.6 Å². The lowest BCUT2D eigenvalue weighted by atomic mass is 10.2. The molecule has 0 aromatic carbocycles. The van der Waals surface area contributed by atoms with E-state index in [0.717, 1.165) is 45.0 Å². The third-order valence-electron chi connectivity index (χ3n) is 3.71. The molecule has 0 saturated carbocycles. The van der Waals surface area contributed by atoms with Crippen molar-refractivity contribution in [1.29, 1.82) is 0 Å². The van der Waals surface area contributed by atoms with Gasteiger partial charge in [0.05, 0.1) is 0 Å². The van der Waals surface area contributed by atoms with E-state index < -0.39 is 0 Å². The normalized spacial score (nSPS) is 23.9. The number of aliphatic imine (C=N–C) groups is 1. The van der Waals surface area contributed by atoms with Gasteiger partial charge >= 0.3 is 0 Å². The van der Waals surface area contributed by atoms with Gasteiger partial charge in [-0.1, -0.05) is 6.08 Å². The summed E-state index contributed by atoms with van der Waals surface area (Å²) >= 11 is 0. The summed E-state index contributed by atoms with van der Waals surface area (Å²) in [5.74, 6) is 1.02. The van der Waals surface area contributed by atoms with E-state index in [-0.39, 0.29) is 12.0 Å². The summed E-state index contributed by atoms with van der Waals surface area (Å²) in [7, 11) is 1.77. The molecule has 6 nitrogen and oxygen atoms in total. The SMILES string of the molecule is C=CCNC(=NC)N1CCN(C(=O)C2CCCO2)CC1. The number of ether oxygens (including phenoxy) is 1. The van der Waals surface area contributed by atoms with Crippen LogP contribution in [0.1, 0.15) is 12.8 Å². The number of piperazine rings is 1. The summed E-state index contributed by atoms with van der Waals surface area (Å²) < 4.78 is 5.46. The van der Waals surface area contributed by atoms with Gasteiger partial charge in [-0.25, -0.2) is 0 Å². The molecule has 2 aliphatic heterocycles. The minimum absolute atomic E-state index is 0.149. The Hall–Kier alpha value is -1.56. The second-order valence-corrected chi connectivity index (χ2v) is 5.03. The Morgan fingerprint density at radius 3 is 2.65 bits per heavy atom. The number of guanidine groups is 1. The minimum Gasteiger partial charge on any atom is -0.368 e. The van der Waals surface area contributed by atoms with E-state index in [1.165, 1.54) is 0 Å². The Kier molecular flexibility index (Phi) is 5.40. The quantitative estimate of drug-likeness (QED) is 0.451. The van der Waals surface area contributed by atoms with Crippen LogP contribution in [0.5, 0.6) is 0 Å². The number of rotatable bonds is 3. The van der Waals surface area contributed by atoms with Gasteiger partial charge in [-0.15, -0.1) is 6.58 Å². The summed E-state index contributed by atoms with van der Waals surface area (Å²) in [6.45, 7) is 8.16. The number of nitrogens with zero attached hydrogens (tertiary/aromatic N) is 3. The van der Waals surface area contributed by atoms with Crippen molar-refractivity contribution in [2.45, 2.75) is 18.9 Å². The molecule has 2 fully saturated rings. The summed E-state index contributed by atoms with van der Waals surface area (Å²) in [5, 5.41) is 3.22. The highest BCUT2D eigenvalue weighted by atomic mass is 16.5. The molecule has 20 heavy (non-hydrogen) atoms. The predicted octanol–water partition coefficient (Wildman–Crippen LogP) is 0.0710. The van der Waals surface area contributed by atoms with E-state index >= 15 is 0 Å². The molecule has 1 atom stereocenters. The van der Waals surface area contributed by atoms with Crippen LogP contribution >= 0.6 is 0 Å². The van der Waals surface area contributed by atoms with Crippen molar-refractivity contribution in [3.05, 3.63) is 12.7 Å². The highest BCUT2D eigenvalue weighted by Gasteiger charge is 2.30. The topological polar surface area (TPSA) is 57.2 Å². The van der Waals surface area contributed by atoms with Crippen LogP contribution in [0.3, 0.4) is 0 Å². The zero-order valence-corrected chi connectivity index (χ0v) is 12.2. The van der Waals surface area contributed by atoms with Crippen molar-refractivity contribution in [3.63, 3.8) is 0 Å². The number of hydrogen-bond donors (Lipinski definition) is 1. The van der Waals surface area contributed by atoms with Gasteiger partial charge in [0, 0.05) is 46.4 Å². The van der Waals surface area contributed by atoms with Crippen molar-refractivity contribution in [2.75, 3.05) is 46.4 Å². The molecule has 2 heterocycles. The first kappa shape index (κ1) is 14.8. The maximum absolute atomic E-state index is 12.2. The molecule has 6 heteroatoms. The molecule has 0 bridgehead atoms. The third kappa shape index (κ3) is 3.50. The van der Waals surface area contributed by atoms with Crippen LogP contribution in [-0.2, 0) is 9.53 Å². The molecule has 2 saturated heterocycles. The molecule has 0 aliphatic carbocycles. The van der Waals surface area contributed by atoms with Gasteiger partial charge in [-0.05, 0) is 12.8 Å². The zero-order valence-electron chi connectivity index (χ0n) is 12.2. The number of amides is 1. The van der Waals surface area contributed by atoms with Gasteiger partial charge in [-0.2, -0.15) is 0 Å². The summed E-state index contributed by atoms with van der Waals surface area (Å²) in [6, 6.07) is 0. The first-order valence-corrected chi connectivity index (χ1v) is 7.23. The first-order valence-electron chi connectivity index (χ1n) is 7.23. The lowest BCUT2D eigenvalue weighted by Crippen LogP contribution is -2.55. The average Bonchev–Trinajstić information content (AvgIpc) is 3.02. The van der Waals surface area contributed by atoms with Crippen molar-refractivity contribution in [3.8, 4) is 0 Å². The smallest absolute Gasteiger partial charge is 0.251 e. The van der Waals surface area contributed by atoms with Gasteiger partial charge in [0.1, 0.15) is 6.10 Å². The Bertz CT molecular complexity index is 369. The fourth-order valence-corrected chi connectivity index (χ4v) is 2.61. The van der Waals surface area contributed by atoms with E-state index in [1.54, 1.807) is 7.05 Å². The van der Waals surface area contributed by atoms with Crippen molar-refractivity contribution in [2.24, 2.45) is 4.99 Å². The summed E-state index contributed by atoms with van der Waals surface area (Å²) in [4.78, 5) is 20.6. The van der Waals surface area contributed by atoms with E-state index in [0.29, 0.717) is 13.2 Å². The second kappa shape index (κ2) is 7.28. The lowest BCUT2D eigenvalue weighted by molar-refractivity contribution is -0.142. The molecule has 0 radical (unpaired) electrons. The highest BCUT2D eigenvalue weighted by Crippen LogP contribution is 2.15. The van der Waals surface area contributed by atoms with Crippen LogP contribution in [0.2, 0.25) is 0 Å². The number of nitrogens with one attached hydrogen (secondary N) is 1. The van der Waals surface area contributed by atoms with E-state index in [4.69, 9.17) is 4.74 Å². The molecule has 1 N–H and O–H groups in total. The molecular weight excluding hydrogens is 256 g/mol. The maximum atomic E-state index is 12.2. The van der Waals surface area contributed by atoms with E-state index in [2.05, 4.69) is 21.8 Å². The monoisotopic (exact) mass is 280 g/mol. The predicted molar refractivity (Wildman–Crippen MR) is 78.7 cm³/mol. The summed E-state index contributed by atoms with van der Waals surface area (Å²) in [5.41, 5.74) is 0. The Balaban J connectivity index is 1.82. The van der Waals surface area contributed by atoms with E-state index in [9.17, 15) is 4.79 Å². The van der Waals surface area contributed by atoms with Gasteiger partial charge in [0.15, 0.2) is 5.96 Å². The summed E-state index contributed by atoms with van der Waals surface area (Å²) in [6.07, 6.45) is 3.46. The molecule has 2 aliphatic rings. The Morgan fingerprint density at radius 2 is 2.10 bits per heavy atom. The molecule has 0 aromatic heterocycles. The largest absolute Gasteiger partial charge is 0.368 e. The van der Waals surface area contributed by atoms with Crippen LogP contribution in [0.4, 0.5) is 0 Å². The van der Waals surface area contributed by atoms with Crippen LogP contribution < -0.4 is 5.32 Å². The zero-order chi connectivity index (χ0) is 14.4. The molecule has 112 valence electrons. The van der Waals surface area contributed by atoms with Crippen LogP contribution in [-0.4, -0.2) is 74.1 Å². The fraction of sp³-hybridized carbons (Fsp3) is 0.714. The Morgan fingerprint density at radius 1 is 1.40 bits per heavy atom. The van der Waals surface area contributed by atoms with Crippen molar-refractivity contribution >= 4 is 11.9 Å². The van der Waals surface area contributed by atoms with Gasteiger partial charge in [0.25, 0.3) is 5.91 Å². The molecule has 1 unspecified atom stereocenters. The number of hydrogen-bond acceptors (Lipinski definition) is 3. The molecular formula is C14H24N4O2. The van der Waals surface area contributed by atoms with Gasteiger partial charge < -0.3 is 19.9 Å². The van der Waals surface area contributed by atoms with Crippen LogP contribution in [0.25, 0.3) is 0 Å². The Labute approximate surface area is 120 Å². The van der Waals surface area contributed by atoms with Gasteiger partial charge in [0.2, 0.25) is 0 Å². The molecule has 1 amide bonds. The van der Waals surface area contributed by atoms with Gasteiger partial charge in [-0.3, -0.25) is 9.79 Å². The second-order valence-electron chi connectivity index (χ2n) is 5.03. The number of carbonyl (C=O) groups excluding carboxylic acids is 1. The fourth-order valence-electron chi connectivity index (χ4n) is 2.61. The minimum atomic E-state index is -0.209. The van der Waals surface area contributed by atoms with Crippen molar-refractivity contribution < 1.29 is 9.53 Å². The lowest BCUT2D eigenvalue weighted by Gasteiger charge is -2.37. The average molecular weight is 280 g/mol. The highest BCUT2D eigenvalue weighted by molar-refractivity contribution is 5.82. The first-order chi connectivity index (χ1) is 9.76. The number of carbonyl (C=O) groups is 1. The molecule has 0 aromatic rings. The maximum Gasteiger partial charge on any atom is 0.251 e. The van der Waals surface area contributed by atoms with E-state index in [1.807, 2.05) is 11.0 Å². The molecule has 2 rings (SSSR count). The third-order valence-corrected chi connectivity index (χ3v) is 3.71. The molecule has 0 spiro atoms. The standard InChI is InChI=1S/C14H24N4O2/c1-3-6-16-14(15-2)18-9-7-17(8-10-18)13(19)12-5-4-11-20-12/h3,12H,1,4-11H2,2H3,(H,15,16).